The first-order valence-electron chi connectivity index (χ1n) is 8.54. The van der Waals surface area contributed by atoms with Gasteiger partial charge in [-0.25, -0.2) is 5.43 Å². The molecule has 0 bridgehead atoms. The number of nitrogens with one attached hydrogen (secondary N) is 2. The normalized spacial score (nSPS) is 11.1. The Hall–Kier alpha value is -3.45. The molecule has 0 saturated heterocycles. The van der Waals surface area contributed by atoms with Crippen molar-refractivity contribution >= 4 is 34.6 Å². The monoisotopic (exact) mass is 393 g/mol. The zero-order valence-corrected chi connectivity index (χ0v) is 16.2. The highest BCUT2D eigenvalue weighted by Gasteiger charge is 2.09. The van der Waals surface area contributed by atoms with E-state index in [1.165, 1.54) is 35.6 Å². The van der Waals surface area contributed by atoms with Crippen LogP contribution in [0.15, 0.2) is 65.8 Å². The minimum absolute atomic E-state index is 0.0906. The predicted octanol–water partition coefficient (Wildman–Crippen LogP) is 4.17. The summed E-state index contributed by atoms with van der Waals surface area (Å²) < 4.78 is 0. The van der Waals surface area contributed by atoms with Gasteiger partial charge in [-0.1, -0.05) is 12.1 Å². The van der Waals surface area contributed by atoms with Crippen LogP contribution in [0.2, 0.25) is 0 Å². The van der Waals surface area contributed by atoms with Crippen molar-refractivity contribution in [3.05, 3.63) is 81.5 Å². The Morgan fingerprint density at radius 3 is 2.39 bits per heavy atom. The second-order valence-corrected chi connectivity index (χ2v) is 7.42. The molecule has 0 aliphatic rings. The zero-order chi connectivity index (χ0) is 20.1. The van der Waals surface area contributed by atoms with Crippen molar-refractivity contribution in [3.63, 3.8) is 0 Å². The first kappa shape index (κ1) is 19.3. The second kappa shape index (κ2) is 8.49. The number of phenolic OH excluding ortho intramolecular Hbond substituents is 1. The highest BCUT2D eigenvalue weighted by Crippen LogP contribution is 2.18. The van der Waals surface area contributed by atoms with Gasteiger partial charge in [-0.3, -0.25) is 9.59 Å². The number of carbonyl (C=O) groups is 2. The lowest BCUT2D eigenvalue weighted by molar-refractivity contribution is 0.0954. The Kier molecular flexibility index (Phi) is 5.86. The Morgan fingerprint density at radius 1 is 0.964 bits per heavy atom. The van der Waals surface area contributed by atoms with Gasteiger partial charge >= 0.3 is 0 Å². The lowest BCUT2D eigenvalue weighted by Gasteiger charge is -2.07. The molecule has 0 spiro atoms. The molecule has 7 heteroatoms. The van der Waals surface area contributed by atoms with Gasteiger partial charge in [0, 0.05) is 16.1 Å². The van der Waals surface area contributed by atoms with Crippen LogP contribution < -0.4 is 10.7 Å². The molecule has 0 aliphatic carbocycles. The van der Waals surface area contributed by atoms with Gasteiger partial charge in [0.2, 0.25) is 0 Å². The Labute approximate surface area is 166 Å². The third-order valence-corrected chi connectivity index (χ3v) is 4.96. The minimum atomic E-state index is -0.378. The van der Waals surface area contributed by atoms with Crippen LogP contribution in [0.25, 0.3) is 0 Å². The molecular weight excluding hydrogens is 374 g/mol. The maximum atomic E-state index is 12.3. The van der Waals surface area contributed by atoms with E-state index in [0.717, 1.165) is 10.4 Å². The van der Waals surface area contributed by atoms with Crippen molar-refractivity contribution in [1.82, 2.24) is 5.43 Å². The molecule has 0 unspecified atom stereocenters. The van der Waals surface area contributed by atoms with Crippen LogP contribution in [0.5, 0.6) is 5.75 Å². The van der Waals surface area contributed by atoms with Gasteiger partial charge in [0.05, 0.1) is 10.6 Å². The maximum Gasteiger partial charge on any atom is 0.271 e. The molecule has 3 aromatic rings. The van der Waals surface area contributed by atoms with Crippen molar-refractivity contribution in [2.24, 2.45) is 5.10 Å². The summed E-state index contributed by atoms with van der Waals surface area (Å²) >= 11 is 1.44. The van der Waals surface area contributed by atoms with Gasteiger partial charge in [0.1, 0.15) is 5.75 Å². The number of anilines is 1. The molecule has 6 nitrogen and oxygen atoms in total. The molecule has 28 heavy (non-hydrogen) atoms. The Bertz CT molecular complexity index is 1040. The summed E-state index contributed by atoms with van der Waals surface area (Å²) in [5.41, 5.74) is 4.89. The van der Waals surface area contributed by atoms with Gasteiger partial charge in [-0.15, -0.1) is 11.3 Å². The summed E-state index contributed by atoms with van der Waals surface area (Å²) in [7, 11) is 0. The number of nitrogens with zero attached hydrogens (tertiary/aromatic N) is 1. The van der Waals surface area contributed by atoms with E-state index in [0.29, 0.717) is 21.8 Å². The van der Waals surface area contributed by atoms with Gasteiger partial charge in [0.15, 0.2) is 0 Å². The van der Waals surface area contributed by atoms with E-state index in [-0.39, 0.29) is 17.6 Å². The molecular formula is C21H19N3O3S. The number of amides is 2. The molecule has 1 heterocycles. The predicted molar refractivity (Wildman–Crippen MR) is 111 cm³/mol. The topological polar surface area (TPSA) is 90.8 Å². The van der Waals surface area contributed by atoms with Crippen molar-refractivity contribution in [2.75, 3.05) is 5.32 Å². The molecule has 2 aromatic carbocycles. The van der Waals surface area contributed by atoms with E-state index in [2.05, 4.69) is 15.8 Å². The molecule has 2 amide bonds. The number of thiophene rings is 1. The third kappa shape index (κ3) is 4.83. The Balaban J connectivity index is 1.68. The summed E-state index contributed by atoms with van der Waals surface area (Å²) in [6.07, 6.45) is 0. The summed E-state index contributed by atoms with van der Waals surface area (Å²) in [6.45, 7) is 3.72. The number of aromatic hydroxyl groups is 1. The SMILES string of the molecule is CC(=NNC(=O)c1ccc(O)cc1)c1cccc(NC(=O)c2ccc(C)s2)c1. The van der Waals surface area contributed by atoms with E-state index in [1.807, 2.05) is 25.1 Å². The molecule has 0 fully saturated rings. The lowest BCUT2D eigenvalue weighted by atomic mass is 10.1. The van der Waals surface area contributed by atoms with Gasteiger partial charge < -0.3 is 10.4 Å². The standard InChI is InChI=1S/C21H19N3O3S/c1-13-6-11-19(28-13)21(27)22-17-5-3-4-16(12-17)14(2)23-24-20(26)15-7-9-18(25)10-8-15/h3-12,25H,1-2H3,(H,22,27)(H,24,26). The first-order chi connectivity index (χ1) is 13.4. The summed E-state index contributed by atoms with van der Waals surface area (Å²) in [6, 6.07) is 16.8. The minimum Gasteiger partial charge on any atom is -0.508 e. The van der Waals surface area contributed by atoms with E-state index < -0.39 is 0 Å². The zero-order valence-electron chi connectivity index (χ0n) is 15.4. The van der Waals surface area contributed by atoms with Crippen LogP contribution in [0, 0.1) is 6.92 Å². The van der Waals surface area contributed by atoms with E-state index >= 15 is 0 Å². The first-order valence-corrected chi connectivity index (χ1v) is 9.36. The third-order valence-electron chi connectivity index (χ3n) is 3.96. The van der Waals surface area contributed by atoms with Crippen LogP contribution in [0.1, 0.15) is 37.4 Å². The lowest BCUT2D eigenvalue weighted by Crippen LogP contribution is -2.19. The van der Waals surface area contributed by atoms with Crippen molar-refractivity contribution in [1.29, 1.82) is 0 Å². The summed E-state index contributed by atoms with van der Waals surface area (Å²) in [4.78, 5) is 26.1. The maximum absolute atomic E-state index is 12.3. The van der Waals surface area contributed by atoms with Crippen LogP contribution in [-0.2, 0) is 0 Å². The van der Waals surface area contributed by atoms with E-state index in [4.69, 9.17) is 0 Å². The van der Waals surface area contributed by atoms with E-state index in [1.54, 1.807) is 25.1 Å². The fourth-order valence-corrected chi connectivity index (χ4v) is 3.21. The van der Waals surface area contributed by atoms with Crippen LogP contribution in [0.4, 0.5) is 5.69 Å². The van der Waals surface area contributed by atoms with Crippen molar-refractivity contribution < 1.29 is 14.7 Å². The highest BCUT2D eigenvalue weighted by molar-refractivity contribution is 7.14. The number of carbonyl (C=O) groups excluding carboxylic acids is 2. The van der Waals surface area contributed by atoms with Crippen LogP contribution in [-0.4, -0.2) is 22.6 Å². The number of benzene rings is 2. The van der Waals surface area contributed by atoms with Gasteiger partial charge in [0.25, 0.3) is 11.8 Å². The van der Waals surface area contributed by atoms with Crippen molar-refractivity contribution in [2.45, 2.75) is 13.8 Å². The average Bonchev–Trinajstić information content (AvgIpc) is 3.13. The van der Waals surface area contributed by atoms with Crippen LogP contribution in [0.3, 0.4) is 0 Å². The Morgan fingerprint density at radius 2 is 1.71 bits per heavy atom. The molecule has 142 valence electrons. The van der Waals surface area contributed by atoms with Gasteiger partial charge in [-0.2, -0.15) is 5.10 Å². The summed E-state index contributed by atoms with van der Waals surface area (Å²) in [5, 5.41) is 16.3. The average molecular weight is 393 g/mol. The molecule has 0 aliphatic heterocycles. The van der Waals surface area contributed by atoms with Crippen molar-refractivity contribution in [3.8, 4) is 5.75 Å². The fourth-order valence-electron chi connectivity index (χ4n) is 2.45. The van der Waals surface area contributed by atoms with Gasteiger partial charge in [-0.05, 0) is 67.9 Å². The fraction of sp³-hybridized carbons (Fsp3) is 0.0952. The largest absolute Gasteiger partial charge is 0.508 e. The number of rotatable bonds is 5. The highest BCUT2D eigenvalue weighted by atomic mass is 32.1. The quantitative estimate of drug-likeness (QED) is 0.449. The number of hydrogen-bond acceptors (Lipinski definition) is 5. The number of phenols is 1. The molecule has 3 rings (SSSR count). The molecule has 1 aromatic heterocycles. The molecule has 0 radical (unpaired) electrons. The molecule has 0 atom stereocenters. The number of aryl methyl sites for hydroxylation is 1. The summed E-state index contributed by atoms with van der Waals surface area (Å²) in [5.74, 6) is -0.449. The second-order valence-electron chi connectivity index (χ2n) is 6.13. The van der Waals surface area contributed by atoms with E-state index in [9.17, 15) is 14.7 Å². The number of hydrazone groups is 1. The number of hydrogen-bond donors (Lipinski definition) is 3. The molecule has 0 saturated carbocycles. The smallest absolute Gasteiger partial charge is 0.271 e. The van der Waals surface area contributed by atoms with Crippen LogP contribution >= 0.6 is 11.3 Å². The molecule has 3 N–H and O–H groups in total.